The molecule has 3 N–H and O–H groups in total. The van der Waals surface area contributed by atoms with Crippen LogP contribution in [0.5, 0.6) is 5.75 Å². The van der Waals surface area contributed by atoms with Gasteiger partial charge in [0.2, 0.25) is 0 Å². The van der Waals surface area contributed by atoms with E-state index in [9.17, 15) is 14.0 Å². The lowest BCUT2D eigenvalue weighted by atomic mass is 9.97. The number of nitrogens with one attached hydrogen (secondary N) is 2. The second-order valence-electron chi connectivity index (χ2n) is 6.75. The SMILES string of the molecule is Cc1cc(Cl)c(OCCO)cc1NC(=O)C1=CN(C)C(=O)N[C@H]1c1ccc(F)cc1. The van der Waals surface area contributed by atoms with Gasteiger partial charge in [0, 0.05) is 25.0 Å². The number of rotatable bonds is 6. The Balaban J connectivity index is 1.91. The van der Waals surface area contributed by atoms with Crippen molar-refractivity contribution in [3.8, 4) is 5.75 Å². The maximum Gasteiger partial charge on any atom is 0.321 e. The van der Waals surface area contributed by atoms with E-state index in [1.807, 2.05) is 0 Å². The van der Waals surface area contributed by atoms with Gasteiger partial charge in [0.15, 0.2) is 0 Å². The summed E-state index contributed by atoms with van der Waals surface area (Å²) in [7, 11) is 1.53. The first kappa shape index (κ1) is 21.6. The van der Waals surface area contributed by atoms with Crippen LogP contribution in [-0.4, -0.2) is 42.2 Å². The van der Waals surface area contributed by atoms with E-state index in [0.29, 0.717) is 27.6 Å². The van der Waals surface area contributed by atoms with Gasteiger partial charge in [-0.25, -0.2) is 9.18 Å². The summed E-state index contributed by atoms with van der Waals surface area (Å²) in [6, 6.07) is 7.65. The van der Waals surface area contributed by atoms with E-state index in [4.69, 9.17) is 21.4 Å². The van der Waals surface area contributed by atoms with Crippen molar-refractivity contribution in [2.75, 3.05) is 25.6 Å². The first-order valence-electron chi connectivity index (χ1n) is 9.16. The topological polar surface area (TPSA) is 90.9 Å². The quantitative estimate of drug-likeness (QED) is 0.651. The molecular formula is C21H21ClFN3O4. The number of nitrogens with zero attached hydrogens (tertiary/aromatic N) is 1. The molecule has 9 heteroatoms. The number of carbonyl (C=O) groups is 2. The number of hydrogen-bond acceptors (Lipinski definition) is 4. The van der Waals surface area contributed by atoms with E-state index < -0.39 is 17.8 Å². The number of halogens is 2. The third-order valence-corrected chi connectivity index (χ3v) is 4.87. The zero-order chi connectivity index (χ0) is 21.8. The highest BCUT2D eigenvalue weighted by Gasteiger charge is 2.30. The summed E-state index contributed by atoms with van der Waals surface area (Å²) in [6.45, 7) is 1.66. The molecule has 3 amide bonds. The van der Waals surface area contributed by atoms with E-state index in [1.165, 1.54) is 42.4 Å². The molecule has 3 rings (SSSR count). The largest absolute Gasteiger partial charge is 0.490 e. The number of ether oxygens (including phenoxy) is 1. The second kappa shape index (κ2) is 9.15. The van der Waals surface area contributed by atoms with Gasteiger partial charge in [-0.2, -0.15) is 0 Å². The molecule has 0 saturated carbocycles. The number of aliphatic hydroxyl groups is 1. The predicted molar refractivity (Wildman–Crippen MR) is 111 cm³/mol. The van der Waals surface area contributed by atoms with Crippen molar-refractivity contribution < 1.29 is 23.8 Å². The van der Waals surface area contributed by atoms with E-state index in [2.05, 4.69) is 10.6 Å². The molecule has 2 aromatic carbocycles. The monoisotopic (exact) mass is 433 g/mol. The minimum atomic E-state index is -0.744. The van der Waals surface area contributed by atoms with Crippen LogP contribution in [0.25, 0.3) is 0 Å². The molecule has 0 radical (unpaired) electrons. The summed E-state index contributed by atoms with van der Waals surface area (Å²) in [5.41, 5.74) is 2.02. The lowest BCUT2D eigenvalue weighted by molar-refractivity contribution is -0.113. The van der Waals surface area contributed by atoms with Crippen LogP contribution in [-0.2, 0) is 4.79 Å². The highest BCUT2D eigenvalue weighted by molar-refractivity contribution is 6.32. The molecule has 0 bridgehead atoms. The molecule has 7 nitrogen and oxygen atoms in total. The molecule has 1 aliphatic heterocycles. The average Bonchev–Trinajstić information content (AvgIpc) is 2.71. The van der Waals surface area contributed by atoms with Gasteiger partial charge >= 0.3 is 6.03 Å². The number of benzene rings is 2. The van der Waals surface area contributed by atoms with Crippen LogP contribution < -0.4 is 15.4 Å². The number of carbonyl (C=O) groups excluding carboxylic acids is 2. The maximum atomic E-state index is 13.3. The summed E-state index contributed by atoms with van der Waals surface area (Å²) in [5, 5.41) is 14.9. The van der Waals surface area contributed by atoms with Gasteiger partial charge in [0.1, 0.15) is 18.2 Å². The van der Waals surface area contributed by atoms with E-state index in [-0.39, 0.29) is 24.8 Å². The van der Waals surface area contributed by atoms with Crippen molar-refractivity contribution in [2.45, 2.75) is 13.0 Å². The highest BCUT2D eigenvalue weighted by Crippen LogP contribution is 2.32. The smallest absolute Gasteiger partial charge is 0.321 e. The second-order valence-corrected chi connectivity index (χ2v) is 7.16. The zero-order valence-corrected chi connectivity index (χ0v) is 17.2. The average molecular weight is 434 g/mol. The van der Waals surface area contributed by atoms with E-state index in [1.54, 1.807) is 19.1 Å². The molecule has 30 heavy (non-hydrogen) atoms. The fourth-order valence-electron chi connectivity index (χ4n) is 3.00. The predicted octanol–water partition coefficient (Wildman–Crippen LogP) is 3.38. The van der Waals surface area contributed by atoms with Crippen LogP contribution in [0.3, 0.4) is 0 Å². The lowest BCUT2D eigenvalue weighted by Crippen LogP contribution is -2.44. The number of aryl methyl sites for hydroxylation is 1. The van der Waals surface area contributed by atoms with Crippen LogP contribution in [0, 0.1) is 12.7 Å². The summed E-state index contributed by atoms with van der Waals surface area (Å²) >= 11 is 6.16. The van der Waals surface area contributed by atoms with Gasteiger partial charge in [-0.1, -0.05) is 23.7 Å². The van der Waals surface area contributed by atoms with Gasteiger partial charge in [-0.15, -0.1) is 0 Å². The molecule has 1 heterocycles. The van der Waals surface area contributed by atoms with Gasteiger partial charge in [0.25, 0.3) is 5.91 Å². The molecule has 0 aliphatic carbocycles. The summed E-state index contributed by atoms with van der Waals surface area (Å²) in [4.78, 5) is 26.5. The Hall–Kier alpha value is -3.10. The van der Waals surface area contributed by atoms with E-state index >= 15 is 0 Å². The number of anilines is 1. The lowest BCUT2D eigenvalue weighted by Gasteiger charge is -2.30. The Kier molecular flexibility index (Phi) is 6.59. The van der Waals surface area contributed by atoms with E-state index in [0.717, 1.165) is 0 Å². The molecule has 2 aromatic rings. The summed E-state index contributed by atoms with van der Waals surface area (Å²) in [6.07, 6.45) is 1.44. The van der Waals surface area contributed by atoms with Crippen LogP contribution >= 0.6 is 11.6 Å². The van der Waals surface area contributed by atoms with Crippen LogP contribution in [0.15, 0.2) is 48.2 Å². The molecular weight excluding hydrogens is 413 g/mol. The minimum absolute atomic E-state index is 0.0603. The third-order valence-electron chi connectivity index (χ3n) is 4.57. The first-order valence-corrected chi connectivity index (χ1v) is 9.53. The molecule has 0 saturated heterocycles. The number of aliphatic hydroxyl groups excluding tert-OH is 1. The molecule has 0 spiro atoms. The Bertz CT molecular complexity index is 994. The Labute approximate surface area is 178 Å². The van der Waals surface area contributed by atoms with Crippen molar-refractivity contribution >= 4 is 29.2 Å². The molecule has 0 unspecified atom stereocenters. The fraction of sp³-hybridized carbons (Fsp3) is 0.238. The molecule has 0 fully saturated rings. The minimum Gasteiger partial charge on any atom is -0.490 e. The van der Waals surface area contributed by atoms with Crippen molar-refractivity contribution in [2.24, 2.45) is 0 Å². The highest BCUT2D eigenvalue weighted by atomic mass is 35.5. The van der Waals surface area contributed by atoms with Crippen LogP contribution in [0.2, 0.25) is 5.02 Å². The Morgan fingerprint density at radius 1 is 1.33 bits per heavy atom. The van der Waals surface area contributed by atoms with Crippen molar-refractivity contribution in [1.29, 1.82) is 0 Å². The molecule has 1 atom stereocenters. The van der Waals surface area contributed by atoms with Crippen molar-refractivity contribution in [3.63, 3.8) is 0 Å². The molecule has 0 aromatic heterocycles. The Morgan fingerprint density at radius 2 is 2.03 bits per heavy atom. The molecule has 1 aliphatic rings. The van der Waals surface area contributed by atoms with Crippen LogP contribution in [0.4, 0.5) is 14.9 Å². The summed E-state index contributed by atoms with van der Waals surface area (Å²) in [5.74, 6) is -0.542. The maximum absolute atomic E-state index is 13.3. The zero-order valence-electron chi connectivity index (χ0n) is 16.4. The standard InChI is InChI=1S/C21H21ClFN3O4/c1-12-9-16(22)18(30-8-7-27)10-17(12)24-20(28)15-11-26(2)21(29)25-19(15)13-3-5-14(23)6-4-13/h3-6,9-11,19,27H,7-8H2,1-2H3,(H,24,28)(H,25,29)/t19-/m0/s1. The number of hydrogen-bond donors (Lipinski definition) is 3. The van der Waals surface area contributed by atoms with Crippen molar-refractivity contribution in [1.82, 2.24) is 10.2 Å². The normalized spacial score (nSPS) is 16.0. The van der Waals surface area contributed by atoms with Crippen molar-refractivity contribution in [3.05, 3.63) is 70.1 Å². The first-order chi connectivity index (χ1) is 14.3. The van der Waals surface area contributed by atoms with Gasteiger partial charge < -0.3 is 25.4 Å². The van der Waals surface area contributed by atoms with Crippen LogP contribution in [0.1, 0.15) is 17.2 Å². The number of amides is 3. The Morgan fingerprint density at radius 3 is 2.70 bits per heavy atom. The molecule has 158 valence electrons. The third kappa shape index (κ3) is 4.72. The fourth-order valence-corrected chi connectivity index (χ4v) is 3.27. The number of urea groups is 1. The van der Waals surface area contributed by atoms with Gasteiger partial charge in [0.05, 0.1) is 23.2 Å². The summed E-state index contributed by atoms with van der Waals surface area (Å²) < 4.78 is 18.7. The van der Waals surface area contributed by atoms with Gasteiger partial charge in [-0.05, 0) is 36.2 Å². The van der Waals surface area contributed by atoms with Gasteiger partial charge in [-0.3, -0.25) is 4.79 Å².